The fraction of sp³-hybridized carbons (Fsp3) is 1.00. The fourth-order valence-electron chi connectivity index (χ4n) is 0.763. The van der Waals surface area contributed by atoms with E-state index in [1.165, 1.54) is 0 Å². The minimum absolute atomic E-state index is 0.109. The number of hydrogen-bond donors (Lipinski definition) is 3. The maximum Gasteiger partial charge on any atom is 0.110 e. The SMILES string of the molecule is OC1COCC(O)C1O. The van der Waals surface area contributed by atoms with Gasteiger partial charge in [0.15, 0.2) is 0 Å². The summed E-state index contributed by atoms with van der Waals surface area (Å²) in [5.74, 6) is 0. The normalized spacial score (nSPS) is 45.0. The minimum Gasteiger partial charge on any atom is -0.388 e. The van der Waals surface area contributed by atoms with Crippen LogP contribution >= 0.6 is 0 Å². The molecule has 0 aromatic heterocycles. The lowest BCUT2D eigenvalue weighted by molar-refractivity contribution is -0.150. The third-order valence-corrected chi connectivity index (χ3v) is 1.37. The van der Waals surface area contributed by atoms with Crippen LogP contribution < -0.4 is 0 Å². The van der Waals surface area contributed by atoms with Crippen molar-refractivity contribution in [2.75, 3.05) is 13.2 Å². The van der Waals surface area contributed by atoms with Gasteiger partial charge in [-0.3, -0.25) is 0 Å². The molecular formula is C5H10O4. The minimum atomic E-state index is -1.04. The number of aliphatic hydroxyl groups excluding tert-OH is 3. The molecule has 0 aliphatic carbocycles. The second-order valence-corrected chi connectivity index (χ2v) is 2.16. The van der Waals surface area contributed by atoms with Crippen LogP contribution in [0.15, 0.2) is 0 Å². The summed E-state index contributed by atoms with van der Waals surface area (Å²) in [7, 11) is 0. The summed E-state index contributed by atoms with van der Waals surface area (Å²) in [5, 5.41) is 26.5. The van der Waals surface area contributed by atoms with Crippen molar-refractivity contribution in [1.82, 2.24) is 0 Å². The van der Waals surface area contributed by atoms with Crippen molar-refractivity contribution < 1.29 is 20.1 Å². The van der Waals surface area contributed by atoms with Crippen molar-refractivity contribution in [3.8, 4) is 0 Å². The van der Waals surface area contributed by atoms with Crippen LogP contribution in [0, 0.1) is 0 Å². The van der Waals surface area contributed by atoms with Gasteiger partial charge in [-0.1, -0.05) is 0 Å². The van der Waals surface area contributed by atoms with E-state index in [0.717, 1.165) is 0 Å². The summed E-state index contributed by atoms with van der Waals surface area (Å²) in [4.78, 5) is 0. The molecule has 9 heavy (non-hydrogen) atoms. The predicted octanol–water partition coefficient (Wildman–Crippen LogP) is -1.90. The fourth-order valence-corrected chi connectivity index (χ4v) is 0.763. The van der Waals surface area contributed by atoms with Gasteiger partial charge in [0.1, 0.15) is 18.3 Å². The highest BCUT2D eigenvalue weighted by Crippen LogP contribution is 2.07. The summed E-state index contributed by atoms with van der Waals surface area (Å²) in [6.07, 6.45) is -2.92. The Bertz CT molecular complexity index is 85.0. The Hall–Kier alpha value is -0.160. The maximum atomic E-state index is 8.87. The van der Waals surface area contributed by atoms with Crippen LogP contribution in [0.3, 0.4) is 0 Å². The molecule has 1 saturated heterocycles. The molecular weight excluding hydrogens is 124 g/mol. The Morgan fingerprint density at radius 1 is 1.00 bits per heavy atom. The van der Waals surface area contributed by atoms with Crippen molar-refractivity contribution in [2.45, 2.75) is 18.3 Å². The lowest BCUT2D eigenvalue weighted by Crippen LogP contribution is -2.47. The van der Waals surface area contributed by atoms with Crippen molar-refractivity contribution >= 4 is 0 Å². The Morgan fingerprint density at radius 3 is 1.78 bits per heavy atom. The molecule has 0 amide bonds. The van der Waals surface area contributed by atoms with Gasteiger partial charge >= 0.3 is 0 Å². The molecule has 1 aliphatic heterocycles. The molecule has 1 rings (SSSR count). The van der Waals surface area contributed by atoms with Gasteiger partial charge < -0.3 is 20.1 Å². The number of rotatable bonds is 0. The van der Waals surface area contributed by atoms with E-state index in [0.29, 0.717) is 0 Å². The summed E-state index contributed by atoms with van der Waals surface area (Å²) in [5.41, 5.74) is 0. The number of ether oxygens (including phenoxy) is 1. The second-order valence-electron chi connectivity index (χ2n) is 2.16. The van der Waals surface area contributed by atoms with E-state index in [-0.39, 0.29) is 13.2 Å². The number of hydrogen-bond acceptors (Lipinski definition) is 4. The first-order chi connectivity index (χ1) is 4.22. The Labute approximate surface area is 52.7 Å². The van der Waals surface area contributed by atoms with Crippen LogP contribution in [0.2, 0.25) is 0 Å². The van der Waals surface area contributed by atoms with Gasteiger partial charge in [0.05, 0.1) is 13.2 Å². The molecule has 0 spiro atoms. The van der Waals surface area contributed by atoms with Crippen molar-refractivity contribution in [1.29, 1.82) is 0 Å². The zero-order valence-corrected chi connectivity index (χ0v) is 4.90. The van der Waals surface area contributed by atoms with Crippen LogP contribution in [0.4, 0.5) is 0 Å². The van der Waals surface area contributed by atoms with Gasteiger partial charge in [-0.25, -0.2) is 0 Å². The van der Waals surface area contributed by atoms with E-state index in [1.54, 1.807) is 0 Å². The molecule has 4 heteroatoms. The zero-order chi connectivity index (χ0) is 6.85. The highest BCUT2D eigenvalue weighted by Gasteiger charge is 2.29. The average molecular weight is 134 g/mol. The Morgan fingerprint density at radius 2 is 1.44 bits per heavy atom. The smallest absolute Gasteiger partial charge is 0.110 e. The molecule has 1 aliphatic rings. The molecule has 0 radical (unpaired) electrons. The monoisotopic (exact) mass is 134 g/mol. The topological polar surface area (TPSA) is 69.9 Å². The molecule has 2 atom stereocenters. The first-order valence-corrected chi connectivity index (χ1v) is 2.84. The van der Waals surface area contributed by atoms with E-state index >= 15 is 0 Å². The maximum absolute atomic E-state index is 8.87. The lowest BCUT2D eigenvalue weighted by Gasteiger charge is -2.27. The van der Waals surface area contributed by atoms with E-state index in [1.807, 2.05) is 0 Å². The van der Waals surface area contributed by atoms with Crippen LogP contribution in [0.1, 0.15) is 0 Å². The van der Waals surface area contributed by atoms with Gasteiger partial charge in [-0.05, 0) is 0 Å². The van der Waals surface area contributed by atoms with Crippen LogP contribution in [-0.2, 0) is 4.74 Å². The first-order valence-electron chi connectivity index (χ1n) is 2.84. The van der Waals surface area contributed by atoms with Crippen molar-refractivity contribution in [3.63, 3.8) is 0 Å². The highest BCUT2D eigenvalue weighted by atomic mass is 16.5. The predicted molar refractivity (Wildman–Crippen MR) is 28.8 cm³/mol. The molecule has 0 saturated carbocycles. The summed E-state index contributed by atoms with van der Waals surface area (Å²) >= 11 is 0. The molecule has 4 nitrogen and oxygen atoms in total. The number of aliphatic hydroxyl groups is 3. The molecule has 1 fully saturated rings. The highest BCUT2D eigenvalue weighted by molar-refractivity contribution is 4.78. The standard InChI is InChI=1S/C5H10O4/c6-3-1-9-2-4(7)5(3)8/h3-8H,1-2H2. The molecule has 1 heterocycles. The zero-order valence-electron chi connectivity index (χ0n) is 4.90. The van der Waals surface area contributed by atoms with Crippen LogP contribution in [0.5, 0.6) is 0 Å². The molecule has 2 unspecified atom stereocenters. The molecule has 0 bridgehead atoms. The lowest BCUT2D eigenvalue weighted by atomic mass is 10.1. The first kappa shape index (κ1) is 6.95. The van der Waals surface area contributed by atoms with Crippen molar-refractivity contribution in [3.05, 3.63) is 0 Å². The van der Waals surface area contributed by atoms with Crippen molar-refractivity contribution in [2.24, 2.45) is 0 Å². The van der Waals surface area contributed by atoms with E-state index < -0.39 is 18.3 Å². The summed E-state index contributed by atoms with van der Waals surface area (Å²) in [6.45, 7) is 0.219. The third kappa shape index (κ3) is 1.40. The summed E-state index contributed by atoms with van der Waals surface area (Å²) in [6, 6.07) is 0. The molecule has 0 aromatic rings. The van der Waals surface area contributed by atoms with E-state index in [9.17, 15) is 0 Å². The average Bonchev–Trinajstić information content (AvgIpc) is 1.83. The van der Waals surface area contributed by atoms with E-state index in [2.05, 4.69) is 0 Å². The largest absolute Gasteiger partial charge is 0.388 e. The van der Waals surface area contributed by atoms with Gasteiger partial charge in [0.2, 0.25) is 0 Å². The van der Waals surface area contributed by atoms with Gasteiger partial charge in [-0.15, -0.1) is 0 Å². The Balaban J connectivity index is 2.41. The van der Waals surface area contributed by atoms with Crippen LogP contribution in [0.25, 0.3) is 0 Å². The summed E-state index contributed by atoms with van der Waals surface area (Å²) < 4.78 is 4.70. The molecule has 0 aromatic carbocycles. The Kier molecular flexibility index (Phi) is 2.02. The van der Waals surface area contributed by atoms with Gasteiger partial charge in [0, 0.05) is 0 Å². The third-order valence-electron chi connectivity index (χ3n) is 1.37. The van der Waals surface area contributed by atoms with Crippen LogP contribution in [-0.4, -0.2) is 46.8 Å². The quantitative estimate of drug-likeness (QED) is 0.362. The second kappa shape index (κ2) is 2.62. The van der Waals surface area contributed by atoms with E-state index in [4.69, 9.17) is 20.1 Å². The molecule has 54 valence electrons. The molecule has 3 N–H and O–H groups in total. The van der Waals surface area contributed by atoms with Gasteiger partial charge in [0.25, 0.3) is 0 Å². The van der Waals surface area contributed by atoms with Gasteiger partial charge in [-0.2, -0.15) is 0 Å².